The molecule has 0 fully saturated rings. The summed E-state index contributed by atoms with van der Waals surface area (Å²) >= 11 is 0. The van der Waals surface area contributed by atoms with E-state index in [0.29, 0.717) is 5.57 Å². The van der Waals surface area contributed by atoms with Gasteiger partial charge in [0, 0.05) is 6.08 Å². The highest BCUT2D eigenvalue weighted by molar-refractivity contribution is 5.82. The molecular formula is C9H12F4O3. The molecule has 0 aromatic heterocycles. The Bertz CT molecular complexity index is 282. The van der Waals surface area contributed by atoms with Gasteiger partial charge in [0.05, 0.1) is 0 Å². The topological polar surface area (TPSA) is 46.5 Å². The van der Waals surface area contributed by atoms with Crippen molar-refractivity contribution >= 4 is 5.97 Å². The second-order valence-electron chi connectivity index (χ2n) is 3.40. The maximum absolute atomic E-state index is 12.7. The number of aliphatic hydroxyl groups is 1. The molecule has 0 aromatic rings. The number of alkyl halides is 4. The van der Waals surface area contributed by atoms with E-state index in [0.717, 1.165) is 6.08 Å². The van der Waals surface area contributed by atoms with Gasteiger partial charge in [-0.1, -0.05) is 5.57 Å². The van der Waals surface area contributed by atoms with Crippen molar-refractivity contribution in [3.8, 4) is 0 Å². The first-order chi connectivity index (χ1) is 7.12. The van der Waals surface area contributed by atoms with Gasteiger partial charge in [0.25, 0.3) is 0 Å². The second-order valence-corrected chi connectivity index (χ2v) is 3.40. The quantitative estimate of drug-likeness (QED) is 0.455. The first-order valence-electron chi connectivity index (χ1n) is 4.30. The lowest BCUT2D eigenvalue weighted by Gasteiger charge is -2.23. The molecule has 0 spiro atoms. The van der Waals surface area contributed by atoms with E-state index >= 15 is 0 Å². The SMILES string of the molecule is CC(C)=CC(=O)OCC(F)(F)C(F)(F)CO. The molecule has 0 amide bonds. The van der Waals surface area contributed by atoms with Crippen LogP contribution in [0.15, 0.2) is 11.6 Å². The molecular weight excluding hydrogens is 232 g/mol. The van der Waals surface area contributed by atoms with Crippen molar-refractivity contribution in [2.75, 3.05) is 13.2 Å². The van der Waals surface area contributed by atoms with Crippen molar-refractivity contribution in [1.82, 2.24) is 0 Å². The van der Waals surface area contributed by atoms with E-state index in [-0.39, 0.29) is 0 Å². The van der Waals surface area contributed by atoms with Gasteiger partial charge in [0.15, 0.2) is 6.61 Å². The standard InChI is InChI=1S/C9H12F4O3/c1-6(2)3-7(15)16-5-9(12,13)8(10,11)4-14/h3,14H,4-5H2,1-2H3. The van der Waals surface area contributed by atoms with Crippen LogP contribution in [0.4, 0.5) is 17.6 Å². The molecule has 1 N–H and O–H groups in total. The summed E-state index contributed by atoms with van der Waals surface area (Å²) < 4.78 is 54.2. The molecule has 0 saturated carbocycles. The summed E-state index contributed by atoms with van der Waals surface area (Å²) in [6.07, 6.45) is 0.896. The highest BCUT2D eigenvalue weighted by Gasteiger charge is 2.56. The Morgan fingerprint density at radius 1 is 1.25 bits per heavy atom. The third-order valence-electron chi connectivity index (χ3n) is 1.54. The van der Waals surface area contributed by atoms with Gasteiger partial charge in [-0.2, -0.15) is 17.6 Å². The predicted octanol–water partition coefficient (Wildman–Crippen LogP) is 1.76. The van der Waals surface area contributed by atoms with Crippen LogP contribution >= 0.6 is 0 Å². The van der Waals surface area contributed by atoms with Crippen LogP contribution in [-0.2, 0) is 9.53 Å². The van der Waals surface area contributed by atoms with Gasteiger partial charge in [-0.15, -0.1) is 0 Å². The molecule has 0 heterocycles. The lowest BCUT2D eigenvalue weighted by Crippen LogP contribution is -2.47. The van der Waals surface area contributed by atoms with Crippen LogP contribution in [0, 0.1) is 0 Å². The number of halogens is 4. The van der Waals surface area contributed by atoms with Crippen LogP contribution in [0.2, 0.25) is 0 Å². The van der Waals surface area contributed by atoms with Crippen LogP contribution in [0.25, 0.3) is 0 Å². The maximum Gasteiger partial charge on any atom is 0.345 e. The third-order valence-corrected chi connectivity index (χ3v) is 1.54. The molecule has 0 aliphatic carbocycles. The predicted molar refractivity (Wildman–Crippen MR) is 47.4 cm³/mol. The normalized spacial score (nSPS) is 12.2. The van der Waals surface area contributed by atoms with Crippen molar-refractivity contribution in [3.63, 3.8) is 0 Å². The largest absolute Gasteiger partial charge is 0.456 e. The molecule has 0 saturated heterocycles. The van der Waals surface area contributed by atoms with E-state index < -0.39 is 31.0 Å². The zero-order valence-electron chi connectivity index (χ0n) is 8.77. The van der Waals surface area contributed by atoms with Crippen LogP contribution < -0.4 is 0 Å². The number of hydrogen-bond donors (Lipinski definition) is 1. The molecule has 94 valence electrons. The molecule has 0 rings (SSSR count). The van der Waals surface area contributed by atoms with Crippen LogP contribution in [-0.4, -0.2) is 36.1 Å². The first kappa shape index (κ1) is 14.9. The average Bonchev–Trinajstić information content (AvgIpc) is 2.13. The van der Waals surface area contributed by atoms with Gasteiger partial charge in [0.1, 0.15) is 6.61 Å². The van der Waals surface area contributed by atoms with Gasteiger partial charge in [-0.25, -0.2) is 4.79 Å². The van der Waals surface area contributed by atoms with Crippen molar-refractivity contribution in [1.29, 1.82) is 0 Å². The molecule has 0 aliphatic heterocycles. The Hall–Kier alpha value is -1.11. The molecule has 0 unspecified atom stereocenters. The Balaban J connectivity index is 4.41. The number of hydrogen-bond acceptors (Lipinski definition) is 3. The second kappa shape index (κ2) is 5.29. The Morgan fingerprint density at radius 3 is 2.12 bits per heavy atom. The van der Waals surface area contributed by atoms with Gasteiger partial charge >= 0.3 is 17.8 Å². The monoisotopic (exact) mass is 244 g/mol. The van der Waals surface area contributed by atoms with E-state index in [1.165, 1.54) is 13.8 Å². The summed E-state index contributed by atoms with van der Waals surface area (Å²) in [6, 6.07) is 0. The van der Waals surface area contributed by atoms with E-state index in [4.69, 9.17) is 5.11 Å². The molecule has 0 radical (unpaired) electrons. The number of aliphatic hydroxyl groups excluding tert-OH is 1. The molecule has 0 atom stereocenters. The van der Waals surface area contributed by atoms with Gasteiger partial charge in [-0.05, 0) is 13.8 Å². The van der Waals surface area contributed by atoms with Crippen LogP contribution in [0.3, 0.4) is 0 Å². The van der Waals surface area contributed by atoms with Crippen molar-refractivity contribution in [3.05, 3.63) is 11.6 Å². The summed E-state index contributed by atoms with van der Waals surface area (Å²) in [5, 5.41) is 8.06. The molecule has 16 heavy (non-hydrogen) atoms. The van der Waals surface area contributed by atoms with Crippen molar-refractivity contribution < 1.29 is 32.2 Å². The minimum absolute atomic E-state index is 0.488. The lowest BCUT2D eigenvalue weighted by molar-refractivity contribution is -0.243. The maximum atomic E-state index is 12.7. The number of allylic oxidation sites excluding steroid dienone is 1. The highest BCUT2D eigenvalue weighted by atomic mass is 19.3. The van der Waals surface area contributed by atoms with E-state index in [1.807, 2.05) is 0 Å². The zero-order valence-corrected chi connectivity index (χ0v) is 8.77. The fourth-order valence-electron chi connectivity index (χ4n) is 0.660. The summed E-state index contributed by atoms with van der Waals surface area (Å²) in [7, 11) is 0. The molecule has 0 aromatic carbocycles. The number of ether oxygens (including phenoxy) is 1. The zero-order chi connectivity index (χ0) is 13.0. The molecule has 0 bridgehead atoms. The van der Waals surface area contributed by atoms with Gasteiger partial charge < -0.3 is 9.84 Å². The summed E-state index contributed by atoms with van der Waals surface area (Å²) in [5.74, 6) is -10.3. The van der Waals surface area contributed by atoms with Gasteiger partial charge in [-0.3, -0.25) is 0 Å². The van der Waals surface area contributed by atoms with Crippen molar-refractivity contribution in [2.24, 2.45) is 0 Å². The van der Waals surface area contributed by atoms with Crippen molar-refractivity contribution in [2.45, 2.75) is 25.7 Å². The Labute approximate surface area is 89.7 Å². The van der Waals surface area contributed by atoms with Crippen LogP contribution in [0.5, 0.6) is 0 Å². The minimum atomic E-state index is -4.61. The molecule has 0 aliphatic rings. The van der Waals surface area contributed by atoms with E-state index in [2.05, 4.69) is 4.74 Å². The number of rotatable bonds is 5. The Morgan fingerprint density at radius 2 is 1.75 bits per heavy atom. The number of carbonyl (C=O) groups is 1. The fraction of sp³-hybridized carbons (Fsp3) is 0.667. The smallest absolute Gasteiger partial charge is 0.345 e. The van der Waals surface area contributed by atoms with E-state index in [1.54, 1.807) is 0 Å². The number of esters is 1. The highest BCUT2D eigenvalue weighted by Crippen LogP contribution is 2.33. The average molecular weight is 244 g/mol. The fourth-order valence-corrected chi connectivity index (χ4v) is 0.660. The summed E-state index contributed by atoms with van der Waals surface area (Å²) in [6.45, 7) is -0.757. The Kier molecular flexibility index (Phi) is 4.92. The van der Waals surface area contributed by atoms with E-state index in [9.17, 15) is 22.4 Å². The summed E-state index contributed by atoms with van der Waals surface area (Å²) in [4.78, 5) is 10.8. The number of carbonyl (C=O) groups excluding carboxylic acids is 1. The first-order valence-corrected chi connectivity index (χ1v) is 4.30. The third kappa shape index (κ3) is 4.18. The van der Waals surface area contributed by atoms with Gasteiger partial charge in [0.2, 0.25) is 0 Å². The summed E-state index contributed by atoms with van der Waals surface area (Å²) in [5.41, 5.74) is 0.488. The minimum Gasteiger partial charge on any atom is -0.456 e. The molecule has 7 heteroatoms. The molecule has 3 nitrogen and oxygen atoms in total. The van der Waals surface area contributed by atoms with Crippen LogP contribution in [0.1, 0.15) is 13.8 Å². The lowest BCUT2D eigenvalue weighted by atomic mass is 10.2.